The van der Waals surface area contributed by atoms with Gasteiger partial charge in [-0.1, -0.05) is 13.0 Å². The Kier molecular flexibility index (Phi) is 5.94. The van der Waals surface area contributed by atoms with Crippen molar-refractivity contribution in [1.29, 1.82) is 0 Å². The number of phenols is 1. The van der Waals surface area contributed by atoms with Crippen LogP contribution < -0.4 is 16.2 Å². The van der Waals surface area contributed by atoms with Crippen LogP contribution in [0.5, 0.6) is 5.75 Å². The largest absolute Gasteiger partial charge is 0.506 e. The Hall–Kier alpha value is -1.89. The van der Waals surface area contributed by atoms with Crippen LogP contribution in [0.1, 0.15) is 25.0 Å². The summed E-state index contributed by atoms with van der Waals surface area (Å²) in [5.41, 5.74) is 0.760. The molecule has 0 saturated heterocycles. The van der Waals surface area contributed by atoms with Crippen molar-refractivity contribution in [2.75, 3.05) is 26.2 Å². The summed E-state index contributed by atoms with van der Waals surface area (Å²) in [6.07, 6.45) is 0.289. The van der Waals surface area contributed by atoms with Gasteiger partial charge < -0.3 is 25.8 Å². The lowest BCUT2D eigenvalue weighted by Crippen LogP contribution is -2.25. The molecular weight excluding hydrogens is 282 g/mol. The Bertz CT molecular complexity index is 669. The van der Waals surface area contributed by atoms with Gasteiger partial charge in [0.15, 0.2) is 0 Å². The summed E-state index contributed by atoms with van der Waals surface area (Å²) in [6, 6.07) is 6.18. The number of aromatic hydroxyl groups is 1. The van der Waals surface area contributed by atoms with E-state index in [2.05, 4.69) is 22.5 Å². The summed E-state index contributed by atoms with van der Waals surface area (Å²) in [6.45, 7) is 5.21. The molecule has 6 heteroatoms. The van der Waals surface area contributed by atoms with Crippen molar-refractivity contribution in [2.24, 2.45) is 0 Å². The number of pyridine rings is 1. The third-order valence-electron chi connectivity index (χ3n) is 3.56. The maximum Gasteiger partial charge on any atom is 0.248 e. The number of hydrogen-bond donors (Lipinski definition) is 5. The number of H-pyrrole nitrogens is 1. The highest BCUT2D eigenvalue weighted by molar-refractivity contribution is 5.87. The minimum absolute atomic E-state index is 0.00208. The van der Waals surface area contributed by atoms with Crippen molar-refractivity contribution in [3.05, 3.63) is 40.2 Å². The number of aromatic nitrogens is 1. The van der Waals surface area contributed by atoms with E-state index in [0.717, 1.165) is 26.1 Å². The summed E-state index contributed by atoms with van der Waals surface area (Å²) in [5.74, 6) is 0.00208. The second-order valence-corrected chi connectivity index (χ2v) is 5.21. The second kappa shape index (κ2) is 7.93. The van der Waals surface area contributed by atoms with Gasteiger partial charge in [-0.2, -0.15) is 0 Å². The average molecular weight is 305 g/mol. The van der Waals surface area contributed by atoms with Crippen LogP contribution in [-0.2, 0) is 0 Å². The maximum absolute atomic E-state index is 11.4. The first kappa shape index (κ1) is 16.5. The molecule has 120 valence electrons. The molecule has 1 heterocycles. The molecule has 1 unspecified atom stereocenters. The molecule has 0 amide bonds. The van der Waals surface area contributed by atoms with Crippen LogP contribution in [0, 0.1) is 0 Å². The summed E-state index contributed by atoms with van der Waals surface area (Å²) < 4.78 is 0. The Morgan fingerprint density at radius 3 is 2.73 bits per heavy atom. The van der Waals surface area contributed by atoms with Gasteiger partial charge in [-0.05, 0) is 43.8 Å². The van der Waals surface area contributed by atoms with E-state index in [-0.39, 0.29) is 11.3 Å². The number of aromatic amines is 1. The Morgan fingerprint density at radius 2 is 1.95 bits per heavy atom. The molecular formula is C16H23N3O3. The van der Waals surface area contributed by atoms with Crippen molar-refractivity contribution < 1.29 is 10.2 Å². The molecule has 1 atom stereocenters. The number of hydrogen-bond acceptors (Lipinski definition) is 5. The van der Waals surface area contributed by atoms with Gasteiger partial charge >= 0.3 is 0 Å². The van der Waals surface area contributed by atoms with E-state index in [9.17, 15) is 15.0 Å². The van der Waals surface area contributed by atoms with E-state index >= 15 is 0 Å². The molecule has 0 aliphatic heterocycles. The van der Waals surface area contributed by atoms with E-state index in [1.165, 1.54) is 12.1 Å². The van der Waals surface area contributed by atoms with Crippen LogP contribution >= 0.6 is 0 Å². The lowest BCUT2D eigenvalue weighted by molar-refractivity contribution is 0.176. The minimum atomic E-state index is -0.701. The fraction of sp³-hybridized carbons (Fsp3) is 0.438. The van der Waals surface area contributed by atoms with E-state index in [4.69, 9.17) is 0 Å². The Morgan fingerprint density at radius 1 is 1.18 bits per heavy atom. The monoisotopic (exact) mass is 305 g/mol. The predicted molar refractivity (Wildman–Crippen MR) is 87.2 cm³/mol. The van der Waals surface area contributed by atoms with E-state index in [0.29, 0.717) is 23.0 Å². The smallest absolute Gasteiger partial charge is 0.248 e. The van der Waals surface area contributed by atoms with Gasteiger partial charge in [0.1, 0.15) is 5.75 Å². The summed E-state index contributed by atoms with van der Waals surface area (Å²) >= 11 is 0. The molecule has 22 heavy (non-hydrogen) atoms. The Balaban J connectivity index is 2.04. The highest BCUT2D eigenvalue weighted by Crippen LogP contribution is 2.28. The highest BCUT2D eigenvalue weighted by atomic mass is 16.3. The third-order valence-corrected chi connectivity index (χ3v) is 3.56. The fourth-order valence-corrected chi connectivity index (χ4v) is 2.41. The number of aliphatic hydroxyl groups excluding tert-OH is 1. The summed E-state index contributed by atoms with van der Waals surface area (Å²) in [7, 11) is 0. The van der Waals surface area contributed by atoms with E-state index in [1.807, 2.05) is 0 Å². The molecule has 0 aliphatic carbocycles. The number of phenolic OH excluding ortho intramolecular Hbond substituents is 1. The molecule has 0 radical (unpaired) electrons. The number of aliphatic hydroxyl groups is 1. The molecule has 5 N–H and O–H groups in total. The molecule has 0 fully saturated rings. The summed E-state index contributed by atoms with van der Waals surface area (Å²) in [5, 5.41) is 27.3. The van der Waals surface area contributed by atoms with Crippen molar-refractivity contribution in [3.8, 4) is 5.75 Å². The number of nitrogens with one attached hydrogen (secondary N) is 3. The summed E-state index contributed by atoms with van der Waals surface area (Å²) in [4.78, 5) is 14.0. The van der Waals surface area contributed by atoms with Crippen molar-refractivity contribution in [3.63, 3.8) is 0 Å². The standard InChI is InChI=1S/C16H23N3O3/c1-2-17-8-3-9-18-10-14(21)11-4-6-13(20)16-12(11)5-7-15(22)19-16/h4-7,14,17-18,20-21H,2-3,8-10H2,1H3,(H,19,22). The Labute approximate surface area is 129 Å². The molecule has 2 rings (SSSR count). The van der Waals surface area contributed by atoms with E-state index in [1.54, 1.807) is 12.1 Å². The lowest BCUT2D eigenvalue weighted by Gasteiger charge is -2.15. The zero-order chi connectivity index (χ0) is 15.9. The van der Waals surface area contributed by atoms with Crippen LogP contribution in [0.3, 0.4) is 0 Å². The average Bonchev–Trinajstić information content (AvgIpc) is 2.51. The fourth-order valence-electron chi connectivity index (χ4n) is 2.41. The molecule has 2 aromatic rings. The zero-order valence-electron chi connectivity index (χ0n) is 12.7. The molecule has 1 aromatic carbocycles. The maximum atomic E-state index is 11.4. The minimum Gasteiger partial charge on any atom is -0.506 e. The molecule has 0 saturated carbocycles. The topological polar surface area (TPSA) is 97.4 Å². The van der Waals surface area contributed by atoms with Gasteiger partial charge in [0, 0.05) is 18.0 Å². The molecule has 1 aromatic heterocycles. The quantitative estimate of drug-likeness (QED) is 0.466. The number of benzene rings is 1. The number of rotatable bonds is 8. The second-order valence-electron chi connectivity index (χ2n) is 5.21. The van der Waals surface area contributed by atoms with Crippen LogP contribution in [0.25, 0.3) is 10.9 Å². The SMILES string of the molecule is CCNCCCNCC(O)c1ccc(O)c2[nH]c(=O)ccc12. The van der Waals surface area contributed by atoms with Gasteiger partial charge in [-0.25, -0.2) is 0 Å². The van der Waals surface area contributed by atoms with E-state index < -0.39 is 6.10 Å². The normalized spacial score (nSPS) is 12.6. The first-order valence-corrected chi connectivity index (χ1v) is 7.58. The first-order chi connectivity index (χ1) is 10.6. The zero-order valence-corrected chi connectivity index (χ0v) is 12.7. The van der Waals surface area contributed by atoms with Gasteiger partial charge in [0.25, 0.3) is 0 Å². The highest BCUT2D eigenvalue weighted by Gasteiger charge is 2.13. The molecule has 0 bridgehead atoms. The van der Waals surface area contributed by atoms with Crippen LogP contribution in [0.2, 0.25) is 0 Å². The van der Waals surface area contributed by atoms with Crippen molar-refractivity contribution >= 4 is 10.9 Å². The van der Waals surface area contributed by atoms with Gasteiger partial charge in [-0.15, -0.1) is 0 Å². The third kappa shape index (κ3) is 4.07. The van der Waals surface area contributed by atoms with Gasteiger partial charge in [-0.3, -0.25) is 4.79 Å². The molecule has 0 aliphatic rings. The molecule has 6 nitrogen and oxygen atoms in total. The lowest BCUT2D eigenvalue weighted by atomic mass is 10.0. The van der Waals surface area contributed by atoms with Gasteiger partial charge in [0.05, 0.1) is 11.6 Å². The van der Waals surface area contributed by atoms with Gasteiger partial charge in [0.2, 0.25) is 5.56 Å². The van der Waals surface area contributed by atoms with Crippen molar-refractivity contribution in [2.45, 2.75) is 19.4 Å². The van der Waals surface area contributed by atoms with Crippen LogP contribution in [-0.4, -0.2) is 41.4 Å². The van der Waals surface area contributed by atoms with Crippen LogP contribution in [0.4, 0.5) is 0 Å². The molecule has 0 spiro atoms. The number of fused-ring (bicyclic) bond motifs is 1. The predicted octanol–water partition coefficient (Wildman–Crippen LogP) is 0.856. The van der Waals surface area contributed by atoms with Crippen molar-refractivity contribution in [1.82, 2.24) is 15.6 Å². The van der Waals surface area contributed by atoms with Crippen LogP contribution in [0.15, 0.2) is 29.1 Å². The first-order valence-electron chi connectivity index (χ1n) is 7.58.